The molecule has 23 heavy (non-hydrogen) atoms. The van der Waals surface area contributed by atoms with Crippen LogP contribution in [-0.4, -0.2) is 28.6 Å². The summed E-state index contributed by atoms with van der Waals surface area (Å²) in [5.41, 5.74) is 7.33. The molecule has 0 radical (unpaired) electrons. The lowest BCUT2D eigenvalue weighted by Crippen LogP contribution is -2.30. The van der Waals surface area contributed by atoms with Crippen LogP contribution in [0.25, 0.3) is 0 Å². The zero-order valence-corrected chi connectivity index (χ0v) is 13.4. The van der Waals surface area contributed by atoms with Gasteiger partial charge in [-0.05, 0) is 31.7 Å². The second kappa shape index (κ2) is 5.72. The number of nitrogens with two attached hydrogens (primary N) is 1. The third kappa shape index (κ3) is 2.96. The second-order valence-corrected chi connectivity index (χ2v) is 6.63. The van der Waals surface area contributed by atoms with Crippen molar-refractivity contribution in [1.82, 2.24) is 9.97 Å². The molecule has 1 aromatic carbocycles. The SMILES string of the molecule is C[C@@H]1[C@H](c2ccccc2)CCN1c1cc(NC2CC2)nc(N)n1. The molecule has 2 atom stereocenters. The van der Waals surface area contributed by atoms with E-state index in [1.165, 1.54) is 18.4 Å². The molecule has 0 bridgehead atoms. The molecule has 1 aliphatic heterocycles. The number of benzene rings is 1. The summed E-state index contributed by atoms with van der Waals surface area (Å²) in [4.78, 5) is 11.1. The fourth-order valence-electron chi connectivity index (χ4n) is 3.52. The highest BCUT2D eigenvalue weighted by Gasteiger charge is 2.33. The number of anilines is 3. The largest absolute Gasteiger partial charge is 0.368 e. The first kappa shape index (κ1) is 14.3. The zero-order valence-electron chi connectivity index (χ0n) is 13.4. The highest BCUT2D eigenvalue weighted by atomic mass is 15.3. The van der Waals surface area contributed by atoms with Crippen LogP contribution in [0.3, 0.4) is 0 Å². The third-order valence-corrected chi connectivity index (χ3v) is 4.94. The van der Waals surface area contributed by atoms with Crippen molar-refractivity contribution in [2.24, 2.45) is 0 Å². The van der Waals surface area contributed by atoms with Crippen molar-refractivity contribution in [1.29, 1.82) is 0 Å². The predicted molar refractivity (Wildman–Crippen MR) is 93.7 cm³/mol. The molecule has 5 heteroatoms. The van der Waals surface area contributed by atoms with Crippen LogP contribution < -0.4 is 16.0 Å². The van der Waals surface area contributed by atoms with Gasteiger partial charge in [0.2, 0.25) is 5.95 Å². The van der Waals surface area contributed by atoms with Gasteiger partial charge in [0.05, 0.1) is 0 Å². The number of nitrogens with one attached hydrogen (secondary N) is 1. The molecular formula is C18H23N5. The smallest absolute Gasteiger partial charge is 0.223 e. The highest BCUT2D eigenvalue weighted by molar-refractivity contribution is 5.55. The monoisotopic (exact) mass is 309 g/mol. The molecule has 4 rings (SSSR count). The van der Waals surface area contributed by atoms with Crippen molar-refractivity contribution in [3.8, 4) is 0 Å². The highest BCUT2D eigenvalue weighted by Crippen LogP contribution is 2.36. The fraction of sp³-hybridized carbons (Fsp3) is 0.444. The number of nitrogens with zero attached hydrogens (tertiary/aromatic N) is 3. The lowest BCUT2D eigenvalue weighted by atomic mass is 9.93. The van der Waals surface area contributed by atoms with Gasteiger partial charge in [0.1, 0.15) is 11.6 Å². The first-order chi connectivity index (χ1) is 11.2. The van der Waals surface area contributed by atoms with Crippen LogP contribution in [0.4, 0.5) is 17.6 Å². The van der Waals surface area contributed by atoms with Crippen molar-refractivity contribution in [3.05, 3.63) is 42.0 Å². The Kier molecular flexibility index (Phi) is 3.56. The minimum absolute atomic E-state index is 0.348. The van der Waals surface area contributed by atoms with Gasteiger partial charge >= 0.3 is 0 Å². The van der Waals surface area contributed by atoms with E-state index in [0.29, 0.717) is 23.9 Å². The van der Waals surface area contributed by atoms with Gasteiger partial charge < -0.3 is 16.0 Å². The number of hydrogen-bond donors (Lipinski definition) is 2. The number of rotatable bonds is 4. The fourth-order valence-corrected chi connectivity index (χ4v) is 3.52. The Morgan fingerprint density at radius 1 is 1.13 bits per heavy atom. The third-order valence-electron chi connectivity index (χ3n) is 4.94. The first-order valence-electron chi connectivity index (χ1n) is 8.43. The average Bonchev–Trinajstić information content (AvgIpc) is 3.27. The van der Waals surface area contributed by atoms with E-state index in [2.05, 4.69) is 57.4 Å². The molecule has 5 nitrogen and oxygen atoms in total. The summed E-state index contributed by atoms with van der Waals surface area (Å²) < 4.78 is 0. The Hall–Kier alpha value is -2.30. The summed E-state index contributed by atoms with van der Waals surface area (Å²) in [6.45, 7) is 3.27. The summed E-state index contributed by atoms with van der Waals surface area (Å²) in [6, 6.07) is 13.7. The number of aromatic nitrogens is 2. The molecule has 1 saturated carbocycles. The van der Waals surface area contributed by atoms with Crippen LogP contribution in [0.2, 0.25) is 0 Å². The van der Waals surface area contributed by atoms with Gasteiger partial charge in [-0.25, -0.2) is 0 Å². The minimum Gasteiger partial charge on any atom is -0.368 e. The van der Waals surface area contributed by atoms with Gasteiger partial charge in [0.25, 0.3) is 0 Å². The molecule has 0 spiro atoms. The van der Waals surface area contributed by atoms with E-state index in [9.17, 15) is 0 Å². The average molecular weight is 309 g/mol. The zero-order chi connectivity index (χ0) is 15.8. The molecule has 1 aromatic heterocycles. The van der Waals surface area contributed by atoms with Gasteiger partial charge in [0, 0.05) is 30.6 Å². The second-order valence-electron chi connectivity index (χ2n) is 6.63. The predicted octanol–water partition coefficient (Wildman–Crippen LogP) is 3.02. The topological polar surface area (TPSA) is 67.1 Å². The molecule has 2 aliphatic rings. The molecular weight excluding hydrogens is 286 g/mol. The van der Waals surface area contributed by atoms with Crippen LogP contribution in [0, 0.1) is 0 Å². The molecule has 0 unspecified atom stereocenters. The van der Waals surface area contributed by atoms with Gasteiger partial charge in [-0.15, -0.1) is 0 Å². The van der Waals surface area contributed by atoms with Crippen LogP contribution in [0.15, 0.2) is 36.4 Å². The molecule has 1 saturated heterocycles. The molecule has 0 amide bonds. The van der Waals surface area contributed by atoms with E-state index in [0.717, 1.165) is 24.6 Å². The Labute approximate surface area is 136 Å². The van der Waals surface area contributed by atoms with Crippen LogP contribution in [0.1, 0.15) is 37.7 Å². The van der Waals surface area contributed by atoms with Crippen molar-refractivity contribution in [2.75, 3.05) is 22.5 Å². The van der Waals surface area contributed by atoms with E-state index >= 15 is 0 Å². The lowest BCUT2D eigenvalue weighted by Gasteiger charge is -2.26. The van der Waals surface area contributed by atoms with Crippen LogP contribution in [0.5, 0.6) is 0 Å². The summed E-state index contributed by atoms with van der Waals surface area (Å²) in [5, 5.41) is 3.42. The normalized spacial score (nSPS) is 24.0. The van der Waals surface area contributed by atoms with Gasteiger partial charge in [-0.3, -0.25) is 0 Å². The van der Waals surface area contributed by atoms with Crippen molar-refractivity contribution in [3.63, 3.8) is 0 Å². The van der Waals surface area contributed by atoms with Crippen LogP contribution >= 0.6 is 0 Å². The molecule has 3 N–H and O–H groups in total. The quantitative estimate of drug-likeness (QED) is 0.908. The van der Waals surface area contributed by atoms with Gasteiger partial charge in [0.15, 0.2) is 0 Å². The lowest BCUT2D eigenvalue weighted by molar-refractivity contribution is 0.632. The Bertz CT molecular complexity index is 683. The van der Waals surface area contributed by atoms with Gasteiger partial charge in [-0.2, -0.15) is 9.97 Å². The summed E-state index contributed by atoms with van der Waals surface area (Å²) in [5.74, 6) is 2.67. The standard InChI is InChI=1S/C18H23N5/c1-12-15(13-5-3-2-4-6-13)9-10-23(12)17-11-16(20-14-7-8-14)21-18(19)22-17/h2-6,11-12,14-15H,7-10H2,1H3,(H3,19,20,21,22)/t12-,15-/m1/s1. The first-order valence-corrected chi connectivity index (χ1v) is 8.43. The molecule has 120 valence electrons. The van der Waals surface area contributed by atoms with E-state index in [-0.39, 0.29) is 0 Å². The van der Waals surface area contributed by atoms with E-state index in [1.807, 2.05) is 6.07 Å². The van der Waals surface area contributed by atoms with Crippen molar-refractivity contribution >= 4 is 17.6 Å². The van der Waals surface area contributed by atoms with Crippen molar-refractivity contribution < 1.29 is 0 Å². The Morgan fingerprint density at radius 3 is 2.65 bits per heavy atom. The molecule has 2 aromatic rings. The van der Waals surface area contributed by atoms with Crippen molar-refractivity contribution in [2.45, 2.75) is 44.2 Å². The number of hydrogen-bond acceptors (Lipinski definition) is 5. The Balaban J connectivity index is 1.57. The maximum atomic E-state index is 5.93. The molecule has 2 fully saturated rings. The molecule has 2 heterocycles. The number of nitrogen functional groups attached to an aromatic ring is 1. The maximum absolute atomic E-state index is 5.93. The summed E-state index contributed by atoms with van der Waals surface area (Å²) >= 11 is 0. The maximum Gasteiger partial charge on any atom is 0.223 e. The Morgan fingerprint density at radius 2 is 1.91 bits per heavy atom. The summed E-state index contributed by atoms with van der Waals surface area (Å²) in [7, 11) is 0. The van der Waals surface area contributed by atoms with Gasteiger partial charge in [-0.1, -0.05) is 30.3 Å². The van der Waals surface area contributed by atoms with E-state index in [4.69, 9.17) is 5.73 Å². The minimum atomic E-state index is 0.348. The van der Waals surface area contributed by atoms with Crippen LogP contribution in [-0.2, 0) is 0 Å². The molecule has 1 aliphatic carbocycles. The van der Waals surface area contributed by atoms with E-state index in [1.54, 1.807) is 0 Å². The summed E-state index contributed by atoms with van der Waals surface area (Å²) in [6.07, 6.45) is 3.57. The van der Waals surface area contributed by atoms with E-state index < -0.39 is 0 Å².